The lowest BCUT2D eigenvalue weighted by Gasteiger charge is -2.48. The van der Waals surface area contributed by atoms with Crippen molar-refractivity contribution in [2.75, 3.05) is 6.54 Å². The minimum Gasteiger partial charge on any atom is -0.352 e. The van der Waals surface area contributed by atoms with Gasteiger partial charge in [-0.1, -0.05) is 48.5 Å². The lowest BCUT2D eigenvalue weighted by Crippen LogP contribution is -2.53. The molecule has 0 bridgehead atoms. The Morgan fingerprint density at radius 2 is 1.70 bits per heavy atom. The van der Waals surface area contributed by atoms with Crippen molar-refractivity contribution in [1.82, 2.24) is 9.80 Å². The van der Waals surface area contributed by atoms with Gasteiger partial charge < -0.3 is 9.80 Å². The fourth-order valence-corrected chi connectivity index (χ4v) is 7.43. The van der Waals surface area contributed by atoms with E-state index < -0.39 is 17.5 Å². The van der Waals surface area contributed by atoms with E-state index in [2.05, 4.69) is 47.0 Å². The summed E-state index contributed by atoms with van der Waals surface area (Å²) in [5, 5.41) is 0. The second-order valence-electron chi connectivity index (χ2n) is 11.2. The third kappa shape index (κ3) is 3.22. The molecule has 0 saturated heterocycles. The van der Waals surface area contributed by atoms with Crippen LogP contribution in [0.1, 0.15) is 40.8 Å². The molecule has 40 heavy (non-hydrogen) atoms. The first-order valence-corrected chi connectivity index (χ1v) is 13.8. The van der Waals surface area contributed by atoms with Crippen molar-refractivity contribution in [2.45, 2.75) is 37.4 Å². The molecule has 4 aromatic rings. The van der Waals surface area contributed by atoms with E-state index in [1.165, 1.54) is 16.7 Å². The topological polar surface area (TPSA) is 10.4 Å². The largest absolute Gasteiger partial charge is 0.352 e. The van der Waals surface area contributed by atoms with E-state index in [1.54, 1.807) is 0 Å². The number of aromatic nitrogens is 1. The Morgan fingerprint density at radius 1 is 0.850 bits per heavy atom. The van der Waals surface area contributed by atoms with Crippen molar-refractivity contribution < 1.29 is 17.7 Å². The molecular formula is C34H27F3N3+. The molecule has 4 aliphatic rings. The Balaban J connectivity index is 1.40. The monoisotopic (exact) mass is 534 g/mol. The molecular weight excluding hydrogens is 507 g/mol. The Morgan fingerprint density at radius 3 is 2.55 bits per heavy atom. The Labute approximate surface area is 231 Å². The molecule has 6 heteroatoms. The highest BCUT2D eigenvalue weighted by Crippen LogP contribution is 2.52. The van der Waals surface area contributed by atoms with Crippen LogP contribution in [0.25, 0.3) is 28.1 Å². The van der Waals surface area contributed by atoms with Gasteiger partial charge in [-0.3, -0.25) is 0 Å². The molecule has 8 rings (SSSR count). The average molecular weight is 535 g/mol. The molecule has 0 N–H and O–H groups in total. The molecule has 0 radical (unpaired) electrons. The first-order valence-electron chi connectivity index (χ1n) is 13.8. The highest BCUT2D eigenvalue weighted by atomic mass is 19.2. The van der Waals surface area contributed by atoms with Crippen LogP contribution in [0.5, 0.6) is 0 Å². The maximum Gasteiger partial charge on any atom is 0.222 e. The molecule has 3 aromatic carbocycles. The zero-order valence-corrected chi connectivity index (χ0v) is 21.8. The van der Waals surface area contributed by atoms with Crippen molar-refractivity contribution in [3.05, 3.63) is 132 Å². The Hall–Kier alpha value is -4.32. The molecule has 0 spiro atoms. The highest BCUT2D eigenvalue weighted by Gasteiger charge is 2.50. The second kappa shape index (κ2) is 8.59. The molecule has 3 nitrogen and oxygen atoms in total. The third-order valence-electron chi connectivity index (χ3n) is 9.20. The summed E-state index contributed by atoms with van der Waals surface area (Å²) in [4.78, 5) is 4.73. The van der Waals surface area contributed by atoms with E-state index in [1.807, 2.05) is 53.2 Å². The predicted molar refractivity (Wildman–Crippen MR) is 148 cm³/mol. The summed E-state index contributed by atoms with van der Waals surface area (Å²) in [7, 11) is 0. The van der Waals surface area contributed by atoms with Crippen LogP contribution in [0.2, 0.25) is 0 Å². The summed E-state index contributed by atoms with van der Waals surface area (Å²) in [5.74, 6) is -2.94. The molecule has 3 atom stereocenters. The molecule has 3 unspecified atom stereocenters. The van der Waals surface area contributed by atoms with E-state index in [4.69, 9.17) is 0 Å². The van der Waals surface area contributed by atoms with Crippen LogP contribution in [0.15, 0.2) is 91.9 Å². The molecule has 4 aliphatic heterocycles. The summed E-state index contributed by atoms with van der Waals surface area (Å²) in [6, 6.07) is 20.6. The SMILES string of the molecule is C=C1C2C(CCc3c(F)cc(F)c(F)c3-c3cc(-c4ccccc4)cc[n+]31)c1cccc3c1C1N(C=CN21)CC3. The van der Waals surface area contributed by atoms with Crippen LogP contribution < -0.4 is 4.57 Å². The van der Waals surface area contributed by atoms with Crippen LogP contribution >= 0.6 is 0 Å². The second-order valence-corrected chi connectivity index (χ2v) is 11.2. The summed E-state index contributed by atoms with van der Waals surface area (Å²) in [5.41, 5.74) is 7.02. The Kier molecular flexibility index (Phi) is 5.06. The van der Waals surface area contributed by atoms with Gasteiger partial charge in [0.05, 0.1) is 5.56 Å². The first kappa shape index (κ1) is 23.6. The number of hydrogen-bond donors (Lipinski definition) is 0. The zero-order chi connectivity index (χ0) is 27.1. The summed E-state index contributed by atoms with van der Waals surface area (Å²) in [6.07, 6.45) is 8.06. The highest BCUT2D eigenvalue weighted by molar-refractivity contribution is 5.72. The summed E-state index contributed by atoms with van der Waals surface area (Å²) in [6.45, 7) is 5.52. The van der Waals surface area contributed by atoms with Gasteiger partial charge in [-0.25, -0.2) is 13.2 Å². The minimum absolute atomic E-state index is 0.00554. The minimum atomic E-state index is -1.19. The maximum atomic E-state index is 15.8. The van der Waals surface area contributed by atoms with Gasteiger partial charge in [-0.15, -0.1) is 0 Å². The van der Waals surface area contributed by atoms with Crippen molar-refractivity contribution in [3.8, 4) is 22.4 Å². The number of fused-ring (bicyclic) bond motifs is 6. The van der Waals surface area contributed by atoms with Gasteiger partial charge in [0, 0.05) is 54.2 Å². The quantitative estimate of drug-likeness (QED) is 0.193. The molecule has 0 amide bonds. The number of hydrogen-bond acceptors (Lipinski definition) is 2. The van der Waals surface area contributed by atoms with E-state index in [0.717, 1.165) is 29.8 Å². The van der Waals surface area contributed by atoms with Crippen molar-refractivity contribution in [2.24, 2.45) is 0 Å². The van der Waals surface area contributed by atoms with Gasteiger partial charge in [-0.2, -0.15) is 4.57 Å². The number of nitrogens with zero attached hydrogens (tertiary/aromatic N) is 3. The number of pyridine rings is 1. The van der Waals surface area contributed by atoms with E-state index in [9.17, 15) is 4.39 Å². The average Bonchev–Trinajstić information content (AvgIpc) is 3.43. The van der Waals surface area contributed by atoms with E-state index in [0.29, 0.717) is 18.2 Å². The Bertz CT molecular complexity index is 1750. The number of benzene rings is 3. The molecule has 0 aliphatic carbocycles. The van der Waals surface area contributed by atoms with Gasteiger partial charge in [0.2, 0.25) is 11.4 Å². The van der Waals surface area contributed by atoms with Gasteiger partial charge in [0.25, 0.3) is 0 Å². The number of halogens is 3. The fourth-order valence-electron chi connectivity index (χ4n) is 7.43. The first-order chi connectivity index (χ1) is 19.5. The zero-order valence-electron chi connectivity index (χ0n) is 21.8. The molecule has 5 heterocycles. The fraction of sp³-hybridized carbons (Fsp3) is 0.206. The lowest BCUT2D eigenvalue weighted by molar-refractivity contribution is -0.574. The predicted octanol–water partition coefficient (Wildman–Crippen LogP) is 6.95. The van der Waals surface area contributed by atoms with Crippen LogP contribution in [0.3, 0.4) is 0 Å². The van der Waals surface area contributed by atoms with Gasteiger partial charge in [0.15, 0.2) is 17.8 Å². The van der Waals surface area contributed by atoms with Gasteiger partial charge >= 0.3 is 0 Å². The van der Waals surface area contributed by atoms with Gasteiger partial charge in [-0.05, 0) is 48.1 Å². The molecule has 0 saturated carbocycles. The van der Waals surface area contributed by atoms with Crippen LogP contribution in [-0.2, 0) is 12.8 Å². The maximum absolute atomic E-state index is 15.8. The number of rotatable bonds is 1. The summed E-state index contributed by atoms with van der Waals surface area (Å²) < 4.78 is 48.0. The van der Waals surface area contributed by atoms with Gasteiger partial charge in [0.1, 0.15) is 18.0 Å². The van der Waals surface area contributed by atoms with Crippen molar-refractivity contribution >= 4 is 5.70 Å². The lowest BCUT2D eigenvalue weighted by atomic mass is 9.75. The normalized spacial score (nSPS) is 22.1. The van der Waals surface area contributed by atoms with E-state index in [-0.39, 0.29) is 35.7 Å². The third-order valence-corrected chi connectivity index (χ3v) is 9.20. The smallest absolute Gasteiger partial charge is 0.222 e. The molecule has 0 fully saturated rings. The van der Waals surface area contributed by atoms with Crippen molar-refractivity contribution in [3.63, 3.8) is 0 Å². The van der Waals surface area contributed by atoms with Crippen LogP contribution in [-0.4, -0.2) is 22.4 Å². The van der Waals surface area contributed by atoms with Crippen molar-refractivity contribution in [1.29, 1.82) is 0 Å². The standard InChI is InChI=1S/C34H27F3N3/c1-20-33-25(24-9-5-8-22-12-14-38-16-17-40(33)34(38)30(22)24)10-11-26-27(35)19-28(36)32(37)31(26)29-18-23(13-15-39(20)29)21-6-3-2-4-7-21/h2-9,13,15-19,25,33-34H,1,10-12,14H2/q+1. The molecule has 1 aromatic heterocycles. The molecule has 198 valence electrons. The van der Waals surface area contributed by atoms with Crippen LogP contribution in [0, 0.1) is 17.5 Å². The summed E-state index contributed by atoms with van der Waals surface area (Å²) >= 11 is 0. The van der Waals surface area contributed by atoms with Crippen LogP contribution in [0.4, 0.5) is 13.2 Å². The van der Waals surface area contributed by atoms with E-state index >= 15 is 8.78 Å².